The zero-order valence-corrected chi connectivity index (χ0v) is 13.5. The highest BCUT2D eigenvalue weighted by atomic mass is 16.5. The molecule has 0 bridgehead atoms. The average molecular weight is 331 g/mol. The predicted molar refractivity (Wildman–Crippen MR) is 89.6 cm³/mol. The number of nitrogens with one attached hydrogen (secondary N) is 2. The van der Waals surface area contributed by atoms with E-state index in [9.17, 15) is 9.90 Å². The van der Waals surface area contributed by atoms with Gasteiger partial charge in [0.05, 0.1) is 26.0 Å². The highest BCUT2D eigenvalue weighted by Crippen LogP contribution is 2.38. The van der Waals surface area contributed by atoms with E-state index < -0.39 is 5.91 Å². The van der Waals surface area contributed by atoms with Crippen LogP contribution in [-0.2, 0) is 4.79 Å². The molecule has 1 saturated carbocycles. The second-order valence-corrected chi connectivity index (χ2v) is 6.17. The van der Waals surface area contributed by atoms with Gasteiger partial charge in [0.25, 0.3) is 5.91 Å². The Kier molecular flexibility index (Phi) is 4.53. The number of aliphatic hydroxyl groups excluding tert-OH is 1. The minimum atomic E-state index is -0.482. The highest BCUT2D eigenvalue weighted by molar-refractivity contribution is 6.72. The highest BCUT2D eigenvalue weighted by Gasteiger charge is 2.33. The Morgan fingerprint density at radius 3 is 2.62 bits per heavy atom. The van der Waals surface area contributed by atoms with E-state index in [1.165, 1.54) is 12.0 Å². The monoisotopic (exact) mass is 331 g/mol. The van der Waals surface area contributed by atoms with Crippen LogP contribution in [0.3, 0.4) is 0 Å². The standard InChI is InChI=1S/C17H21N3O4/c1-23-15-6-12(20-7-13(18)16(19)17(20)22)4-5-14(15)24-9-11(8-21)10-2-3-10/h4-6,10-11,18-19,21H,2-3,7-9H2,1H3. The zero-order chi connectivity index (χ0) is 17.3. The van der Waals surface area contributed by atoms with Crippen molar-refractivity contribution in [1.29, 1.82) is 10.8 Å². The van der Waals surface area contributed by atoms with Gasteiger partial charge in [0.15, 0.2) is 11.5 Å². The number of nitrogens with zero attached hydrogens (tertiary/aromatic N) is 1. The summed E-state index contributed by atoms with van der Waals surface area (Å²) in [6.45, 7) is 0.627. The van der Waals surface area contributed by atoms with Crippen molar-refractivity contribution in [3.63, 3.8) is 0 Å². The molecule has 3 N–H and O–H groups in total. The molecule has 1 aliphatic carbocycles. The molecule has 2 fully saturated rings. The normalized spacial score (nSPS) is 18.9. The number of amides is 1. The number of hydrogen-bond acceptors (Lipinski definition) is 6. The molecule has 0 spiro atoms. The summed E-state index contributed by atoms with van der Waals surface area (Å²) in [5.41, 5.74) is 0.302. The van der Waals surface area contributed by atoms with Crippen molar-refractivity contribution in [2.75, 3.05) is 31.8 Å². The summed E-state index contributed by atoms with van der Waals surface area (Å²) in [5, 5.41) is 24.6. The molecule has 2 aliphatic rings. The Bertz CT molecular complexity index is 684. The number of anilines is 1. The molecular weight excluding hydrogens is 310 g/mol. The van der Waals surface area contributed by atoms with Crippen LogP contribution in [0.4, 0.5) is 5.69 Å². The van der Waals surface area contributed by atoms with Gasteiger partial charge < -0.3 is 24.9 Å². The molecule has 1 aliphatic heterocycles. The molecule has 1 aromatic rings. The molecule has 1 aromatic carbocycles. The Hall–Kier alpha value is -2.41. The van der Waals surface area contributed by atoms with E-state index in [1.54, 1.807) is 18.2 Å². The third-order valence-corrected chi connectivity index (χ3v) is 4.51. The van der Waals surface area contributed by atoms with Crippen LogP contribution in [-0.4, -0.2) is 49.3 Å². The molecule has 7 nitrogen and oxygen atoms in total. The first-order valence-corrected chi connectivity index (χ1v) is 7.95. The summed E-state index contributed by atoms with van der Waals surface area (Å²) < 4.78 is 11.1. The van der Waals surface area contributed by atoms with Gasteiger partial charge in [0, 0.05) is 24.3 Å². The fourth-order valence-electron chi connectivity index (χ4n) is 2.83. The van der Waals surface area contributed by atoms with Crippen molar-refractivity contribution in [3.8, 4) is 11.5 Å². The molecule has 3 rings (SSSR count). The first-order valence-electron chi connectivity index (χ1n) is 7.95. The van der Waals surface area contributed by atoms with Gasteiger partial charge in [-0.05, 0) is 30.9 Å². The van der Waals surface area contributed by atoms with E-state index in [0.717, 1.165) is 12.8 Å². The maximum atomic E-state index is 12.0. The van der Waals surface area contributed by atoms with Crippen LogP contribution in [0.15, 0.2) is 18.2 Å². The van der Waals surface area contributed by atoms with Gasteiger partial charge in [-0.3, -0.25) is 10.2 Å². The van der Waals surface area contributed by atoms with E-state index in [2.05, 4.69) is 0 Å². The molecule has 0 aromatic heterocycles. The summed E-state index contributed by atoms with van der Waals surface area (Å²) in [6, 6.07) is 5.10. The van der Waals surface area contributed by atoms with E-state index >= 15 is 0 Å². The maximum Gasteiger partial charge on any atom is 0.278 e. The van der Waals surface area contributed by atoms with Crippen LogP contribution < -0.4 is 14.4 Å². The second kappa shape index (κ2) is 6.60. The minimum absolute atomic E-state index is 0.00881. The average Bonchev–Trinajstić information content (AvgIpc) is 3.40. The lowest BCUT2D eigenvalue weighted by Crippen LogP contribution is -2.26. The Morgan fingerprint density at radius 1 is 1.33 bits per heavy atom. The zero-order valence-electron chi connectivity index (χ0n) is 13.5. The Morgan fingerprint density at radius 2 is 2.08 bits per heavy atom. The van der Waals surface area contributed by atoms with E-state index in [-0.39, 0.29) is 30.5 Å². The number of ether oxygens (including phenoxy) is 2. The molecule has 1 saturated heterocycles. The summed E-state index contributed by atoms with van der Waals surface area (Å²) in [7, 11) is 1.52. The first-order chi connectivity index (χ1) is 11.5. The van der Waals surface area contributed by atoms with Crippen molar-refractivity contribution in [1.82, 2.24) is 0 Å². The van der Waals surface area contributed by atoms with Crippen LogP contribution in [0.1, 0.15) is 12.8 Å². The summed E-state index contributed by atoms with van der Waals surface area (Å²) >= 11 is 0. The molecule has 0 radical (unpaired) electrons. The number of benzene rings is 1. The molecule has 1 amide bonds. The van der Waals surface area contributed by atoms with Crippen molar-refractivity contribution in [2.24, 2.45) is 11.8 Å². The van der Waals surface area contributed by atoms with E-state index in [1.807, 2.05) is 0 Å². The molecular formula is C17H21N3O4. The minimum Gasteiger partial charge on any atom is -0.493 e. The van der Waals surface area contributed by atoms with Crippen LogP contribution in [0.2, 0.25) is 0 Å². The second-order valence-electron chi connectivity index (χ2n) is 6.17. The van der Waals surface area contributed by atoms with Crippen molar-refractivity contribution < 1.29 is 19.4 Å². The van der Waals surface area contributed by atoms with E-state index in [4.69, 9.17) is 20.3 Å². The number of carbonyl (C=O) groups excluding carboxylic acids is 1. The molecule has 24 heavy (non-hydrogen) atoms. The lowest BCUT2D eigenvalue weighted by molar-refractivity contribution is -0.111. The fraction of sp³-hybridized carbons (Fsp3) is 0.471. The van der Waals surface area contributed by atoms with E-state index in [0.29, 0.717) is 29.7 Å². The molecule has 1 heterocycles. The Labute approximate surface area is 140 Å². The summed E-state index contributed by atoms with van der Waals surface area (Å²) in [6.07, 6.45) is 2.28. The SMILES string of the molecule is COc1cc(N2CC(=N)C(=N)C2=O)ccc1OCC(CO)C1CC1. The van der Waals surface area contributed by atoms with Crippen molar-refractivity contribution >= 4 is 23.0 Å². The molecule has 1 unspecified atom stereocenters. The predicted octanol–water partition coefficient (Wildman–Crippen LogP) is 1.48. The quantitative estimate of drug-likeness (QED) is 0.703. The summed E-state index contributed by atoms with van der Waals surface area (Å²) in [4.78, 5) is 13.4. The van der Waals surface area contributed by atoms with Crippen LogP contribution in [0, 0.1) is 22.7 Å². The van der Waals surface area contributed by atoms with Crippen LogP contribution in [0.25, 0.3) is 0 Å². The van der Waals surface area contributed by atoms with Gasteiger partial charge >= 0.3 is 0 Å². The van der Waals surface area contributed by atoms with Crippen LogP contribution in [0.5, 0.6) is 11.5 Å². The van der Waals surface area contributed by atoms with Gasteiger partial charge in [-0.25, -0.2) is 0 Å². The van der Waals surface area contributed by atoms with Crippen LogP contribution >= 0.6 is 0 Å². The maximum absolute atomic E-state index is 12.0. The van der Waals surface area contributed by atoms with Gasteiger partial charge in [-0.2, -0.15) is 0 Å². The largest absolute Gasteiger partial charge is 0.493 e. The Balaban J connectivity index is 1.74. The third-order valence-electron chi connectivity index (χ3n) is 4.51. The van der Waals surface area contributed by atoms with Crippen molar-refractivity contribution in [3.05, 3.63) is 18.2 Å². The third kappa shape index (κ3) is 3.12. The fourth-order valence-corrected chi connectivity index (χ4v) is 2.83. The van der Waals surface area contributed by atoms with Crippen molar-refractivity contribution in [2.45, 2.75) is 12.8 Å². The molecule has 7 heteroatoms. The van der Waals surface area contributed by atoms with Gasteiger partial charge in [0.1, 0.15) is 5.71 Å². The molecule has 1 atom stereocenters. The molecule has 128 valence electrons. The lowest BCUT2D eigenvalue weighted by Gasteiger charge is -2.19. The number of aliphatic hydroxyl groups is 1. The van der Waals surface area contributed by atoms with Gasteiger partial charge in [-0.1, -0.05) is 0 Å². The van der Waals surface area contributed by atoms with Gasteiger partial charge in [-0.15, -0.1) is 0 Å². The smallest absolute Gasteiger partial charge is 0.278 e. The number of rotatable bonds is 7. The topological polar surface area (TPSA) is 107 Å². The number of methoxy groups -OCH3 is 1. The van der Waals surface area contributed by atoms with Gasteiger partial charge in [0.2, 0.25) is 0 Å². The lowest BCUT2D eigenvalue weighted by atomic mass is 10.1. The summed E-state index contributed by atoms with van der Waals surface area (Å²) in [5.74, 6) is 1.23. The first kappa shape index (κ1) is 16.4. The number of hydrogen-bond donors (Lipinski definition) is 3. The number of carbonyl (C=O) groups is 1.